The molecule has 0 bridgehead atoms. The first-order chi connectivity index (χ1) is 12.9. The number of rotatable bonds is 6. The first-order valence-corrected chi connectivity index (χ1v) is 10.9. The van der Waals surface area contributed by atoms with Gasteiger partial charge in [0.25, 0.3) is 0 Å². The van der Waals surface area contributed by atoms with E-state index < -0.39 is 0 Å². The SMILES string of the molecule is CCCCCCn1nc([C@H]2CCCN2C(=S)NC)c2c1CC(C)(C)CC2=O. The molecule has 150 valence electrons. The molecule has 1 fully saturated rings. The molecular formula is C21H34N4OS. The summed E-state index contributed by atoms with van der Waals surface area (Å²) in [7, 11) is 1.87. The summed E-state index contributed by atoms with van der Waals surface area (Å²) in [5.74, 6) is 0.262. The summed E-state index contributed by atoms with van der Waals surface area (Å²) in [6.45, 7) is 8.46. The lowest BCUT2D eigenvalue weighted by Crippen LogP contribution is -2.38. The van der Waals surface area contributed by atoms with Gasteiger partial charge in [-0.3, -0.25) is 9.48 Å². The van der Waals surface area contributed by atoms with Gasteiger partial charge in [-0.05, 0) is 43.3 Å². The van der Waals surface area contributed by atoms with E-state index in [0.29, 0.717) is 6.42 Å². The van der Waals surface area contributed by atoms with Gasteiger partial charge in [-0.25, -0.2) is 0 Å². The summed E-state index contributed by atoms with van der Waals surface area (Å²) in [6, 6.07) is 0.126. The number of unbranched alkanes of at least 4 members (excludes halogenated alkanes) is 3. The molecule has 1 aromatic rings. The molecule has 0 amide bonds. The van der Waals surface area contributed by atoms with Crippen molar-refractivity contribution in [2.24, 2.45) is 5.41 Å². The first-order valence-electron chi connectivity index (χ1n) is 10.5. The van der Waals surface area contributed by atoms with Crippen LogP contribution in [0.5, 0.6) is 0 Å². The molecule has 0 aromatic carbocycles. The van der Waals surface area contributed by atoms with Crippen LogP contribution < -0.4 is 5.32 Å². The number of fused-ring (bicyclic) bond motifs is 1. The van der Waals surface area contributed by atoms with E-state index >= 15 is 0 Å². The number of nitrogens with one attached hydrogen (secondary N) is 1. The maximum atomic E-state index is 13.1. The zero-order chi connectivity index (χ0) is 19.6. The van der Waals surface area contributed by atoms with Crippen LogP contribution in [0.2, 0.25) is 0 Å². The fraction of sp³-hybridized carbons (Fsp3) is 0.762. The largest absolute Gasteiger partial charge is 0.366 e. The second-order valence-electron chi connectivity index (χ2n) is 8.84. The number of aromatic nitrogens is 2. The van der Waals surface area contributed by atoms with Crippen LogP contribution in [0.1, 0.15) is 93.5 Å². The van der Waals surface area contributed by atoms with Crippen LogP contribution in [0, 0.1) is 5.41 Å². The number of hydrogen-bond donors (Lipinski definition) is 1. The normalized spacial score (nSPS) is 21.4. The topological polar surface area (TPSA) is 50.2 Å². The van der Waals surface area contributed by atoms with E-state index in [1.165, 1.54) is 19.3 Å². The standard InChI is InChI=1S/C21H34N4OS/c1-5-6-7-8-12-25-16-13-21(2,3)14-17(26)18(16)19(23-25)15-10-9-11-24(15)20(27)22-4/h15H,5-14H2,1-4H3,(H,22,27)/t15-/m1/s1. The van der Waals surface area contributed by atoms with Gasteiger partial charge in [0.05, 0.1) is 23.0 Å². The number of thiocarbonyl (C=S) groups is 1. The summed E-state index contributed by atoms with van der Waals surface area (Å²) >= 11 is 5.51. The van der Waals surface area contributed by atoms with Gasteiger partial charge in [-0.15, -0.1) is 0 Å². The average Bonchev–Trinajstić information content (AvgIpc) is 3.22. The number of hydrogen-bond acceptors (Lipinski definition) is 3. The average molecular weight is 391 g/mol. The maximum Gasteiger partial charge on any atom is 0.169 e. The summed E-state index contributed by atoms with van der Waals surface area (Å²) in [6.07, 6.45) is 8.47. The van der Waals surface area contributed by atoms with E-state index in [9.17, 15) is 4.79 Å². The van der Waals surface area contributed by atoms with Crippen molar-refractivity contribution in [1.29, 1.82) is 0 Å². The molecule has 0 radical (unpaired) electrons. The molecule has 0 saturated carbocycles. The lowest BCUT2D eigenvalue weighted by molar-refractivity contribution is 0.0907. The van der Waals surface area contributed by atoms with Gasteiger partial charge in [-0.2, -0.15) is 5.10 Å². The molecule has 1 N–H and O–H groups in total. The molecule has 0 unspecified atom stereocenters. The summed E-state index contributed by atoms with van der Waals surface area (Å²) in [5.41, 5.74) is 3.04. The smallest absolute Gasteiger partial charge is 0.169 e. The Kier molecular flexibility index (Phi) is 6.24. The van der Waals surface area contributed by atoms with E-state index in [1.54, 1.807) is 0 Å². The Hall–Kier alpha value is -1.43. The van der Waals surface area contributed by atoms with Gasteiger partial charge in [0, 0.05) is 26.6 Å². The van der Waals surface area contributed by atoms with Crippen molar-refractivity contribution in [2.45, 2.75) is 84.7 Å². The van der Waals surface area contributed by atoms with E-state index in [1.807, 2.05) is 7.05 Å². The Labute approximate surface area is 168 Å². The van der Waals surface area contributed by atoms with Crippen molar-refractivity contribution in [1.82, 2.24) is 20.0 Å². The Morgan fingerprint density at radius 3 is 2.78 bits per heavy atom. The van der Waals surface area contributed by atoms with Crippen LogP contribution in [0.15, 0.2) is 0 Å². The predicted octanol–water partition coefficient (Wildman–Crippen LogP) is 4.26. The molecule has 0 spiro atoms. The highest BCUT2D eigenvalue weighted by atomic mass is 32.1. The summed E-state index contributed by atoms with van der Waals surface area (Å²) in [4.78, 5) is 15.3. The van der Waals surface area contributed by atoms with Crippen molar-refractivity contribution in [3.05, 3.63) is 17.0 Å². The van der Waals surface area contributed by atoms with Gasteiger partial charge in [-0.1, -0.05) is 40.0 Å². The fourth-order valence-corrected chi connectivity index (χ4v) is 4.80. The second kappa shape index (κ2) is 8.29. The number of likely N-dealkylation sites (tertiary alicyclic amines) is 1. The zero-order valence-corrected chi connectivity index (χ0v) is 18.1. The molecule has 1 atom stereocenters. The van der Waals surface area contributed by atoms with Crippen molar-refractivity contribution in [2.75, 3.05) is 13.6 Å². The highest BCUT2D eigenvalue weighted by Crippen LogP contribution is 2.41. The minimum Gasteiger partial charge on any atom is -0.366 e. The Morgan fingerprint density at radius 1 is 1.30 bits per heavy atom. The van der Waals surface area contributed by atoms with Gasteiger partial charge in [0.2, 0.25) is 0 Å². The van der Waals surface area contributed by atoms with Crippen molar-refractivity contribution >= 4 is 23.1 Å². The van der Waals surface area contributed by atoms with E-state index in [4.69, 9.17) is 17.3 Å². The third-order valence-electron chi connectivity index (χ3n) is 5.92. The maximum absolute atomic E-state index is 13.1. The highest BCUT2D eigenvalue weighted by molar-refractivity contribution is 7.80. The van der Waals surface area contributed by atoms with Crippen LogP contribution in [0.4, 0.5) is 0 Å². The van der Waals surface area contributed by atoms with E-state index in [0.717, 1.165) is 60.8 Å². The molecule has 5 nitrogen and oxygen atoms in total. The number of carbonyl (C=O) groups excluding carboxylic acids is 1. The Balaban J connectivity index is 1.95. The van der Waals surface area contributed by atoms with E-state index in [2.05, 4.69) is 35.7 Å². The molecule has 6 heteroatoms. The van der Waals surface area contributed by atoms with Crippen molar-refractivity contribution in [3.8, 4) is 0 Å². The minimum absolute atomic E-state index is 0.0121. The second-order valence-corrected chi connectivity index (χ2v) is 9.22. The molecule has 2 aliphatic rings. The van der Waals surface area contributed by atoms with Crippen LogP contribution >= 0.6 is 12.2 Å². The number of nitrogens with zero attached hydrogens (tertiary/aromatic N) is 3. The van der Waals surface area contributed by atoms with Gasteiger partial charge in [0.15, 0.2) is 10.9 Å². The molecule has 27 heavy (non-hydrogen) atoms. The first kappa shape index (κ1) is 20.3. The van der Waals surface area contributed by atoms with Gasteiger partial charge >= 0.3 is 0 Å². The predicted molar refractivity (Wildman–Crippen MR) is 113 cm³/mol. The van der Waals surface area contributed by atoms with Crippen molar-refractivity contribution < 1.29 is 4.79 Å². The molecular weight excluding hydrogens is 356 g/mol. The van der Waals surface area contributed by atoms with Gasteiger partial charge < -0.3 is 10.2 Å². The molecule has 1 aliphatic carbocycles. The van der Waals surface area contributed by atoms with Gasteiger partial charge in [0.1, 0.15) is 0 Å². The minimum atomic E-state index is 0.0121. The third-order valence-corrected chi connectivity index (χ3v) is 6.35. The van der Waals surface area contributed by atoms with Crippen LogP contribution in [-0.4, -0.2) is 39.2 Å². The Morgan fingerprint density at radius 2 is 2.07 bits per heavy atom. The zero-order valence-electron chi connectivity index (χ0n) is 17.3. The lowest BCUT2D eigenvalue weighted by Gasteiger charge is -2.30. The van der Waals surface area contributed by atoms with Crippen LogP contribution in [-0.2, 0) is 13.0 Å². The summed E-state index contributed by atoms with van der Waals surface area (Å²) < 4.78 is 2.15. The van der Waals surface area contributed by atoms with Crippen LogP contribution in [0.25, 0.3) is 0 Å². The lowest BCUT2D eigenvalue weighted by atomic mass is 9.75. The molecule has 2 heterocycles. The number of carbonyl (C=O) groups is 1. The summed E-state index contributed by atoms with van der Waals surface area (Å²) in [5, 5.41) is 8.88. The molecule has 1 saturated heterocycles. The monoisotopic (exact) mass is 390 g/mol. The van der Waals surface area contributed by atoms with E-state index in [-0.39, 0.29) is 17.2 Å². The van der Waals surface area contributed by atoms with Crippen LogP contribution in [0.3, 0.4) is 0 Å². The highest BCUT2D eigenvalue weighted by Gasteiger charge is 2.40. The molecule has 1 aliphatic heterocycles. The number of Topliss-reactive ketones (excluding diaryl/α,β-unsaturated/α-hetero) is 1. The molecule has 3 rings (SSSR count). The number of aryl methyl sites for hydroxylation is 1. The third kappa shape index (κ3) is 4.20. The van der Waals surface area contributed by atoms with Crippen molar-refractivity contribution in [3.63, 3.8) is 0 Å². The Bertz CT molecular complexity index is 709. The fourth-order valence-electron chi connectivity index (χ4n) is 4.58. The molecule has 1 aromatic heterocycles. The number of ketones is 1. The quantitative estimate of drug-likeness (QED) is 0.581.